The summed E-state index contributed by atoms with van der Waals surface area (Å²) in [6, 6.07) is 0. The molecule has 0 aliphatic rings. The lowest BCUT2D eigenvalue weighted by Gasteiger charge is -2.18. The van der Waals surface area contributed by atoms with Gasteiger partial charge in [0.2, 0.25) is 0 Å². The van der Waals surface area contributed by atoms with Gasteiger partial charge in [-0.1, -0.05) is 331 Å². The molecule has 0 aliphatic heterocycles. The first-order valence-electron chi connectivity index (χ1n) is 35.6. The van der Waals surface area contributed by atoms with Crippen LogP contribution in [0.15, 0.2) is 85.1 Å². The van der Waals surface area contributed by atoms with E-state index in [9.17, 15) is 14.4 Å². The monoisotopic (exact) mass is 1140 g/mol. The first-order valence-corrected chi connectivity index (χ1v) is 35.6. The number of rotatable bonds is 65. The summed E-state index contributed by atoms with van der Waals surface area (Å²) in [6.45, 7) is 6.55. The maximum absolute atomic E-state index is 13.0. The molecule has 0 saturated heterocycles. The molecule has 0 amide bonds. The minimum absolute atomic E-state index is 0.0825. The summed E-state index contributed by atoms with van der Waals surface area (Å²) in [5, 5.41) is 0. The lowest BCUT2D eigenvalue weighted by Crippen LogP contribution is -2.30. The Bertz CT molecular complexity index is 1550. The van der Waals surface area contributed by atoms with Crippen molar-refractivity contribution in [1.82, 2.24) is 0 Å². The second-order valence-electron chi connectivity index (χ2n) is 23.8. The van der Waals surface area contributed by atoms with Crippen LogP contribution in [0.2, 0.25) is 0 Å². The van der Waals surface area contributed by atoms with E-state index in [4.69, 9.17) is 14.2 Å². The summed E-state index contributed by atoms with van der Waals surface area (Å²) in [7, 11) is 0. The fraction of sp³-hybridized carbons (Fsp3) is 0.776. The van der Waals surface area contributed by atoms with E-state index in [1.54, 1.807) is 0 Å². The Hall–Kier alpha value is -3.41. The third-order valence-corrected chi connectivity index (χ3v) is 15.6. The molecule has 0 heterocycles. The highest BCUT2D eigenvalue weighted by molar-refractivity contribution is 5.71. The first kappa shape index (κ1) is 78.6. The van der Waals surface area contributed by atoms with Crippen LogP contribution in [0.25, 0.3) is 0 Å². The van der Waals surface area contributed by atoms with Crippen molar-refractivity contribution in [3.05, 3.63) is 85.1 Å². The summed E-state index contributed by atoms with van der Waals surface area (Å²) in [4.78, 5) is 38.4. The van der Waals surface area contributed by atoms with E-state index in [1.807, 2.05) is 0 Å². The second-order valence-corrected chi connectivity index (χ2v) is 23.8. The maximum Gasteiger partial charge on any atom is 0.306 e. The van der Waals surface area contributed by atoms with Gasteiger partial charge >= 0.3 is 17.9 Å². The zero-order valence-electron chi connectivity index (χ0n) is 54.5. The van der Waals surface area contributed by atoms with Gasteiger partial charge in [-0.05, 0) is 96.3 Å². The topological polar surface area (TPSA) is 78.9 Å². The van der Waals surface area contributed by atoms with Crippen LogP contribution in [0, 0.1) is 0 Å². The molecule has 0 aromatic carbocycles. The van der Waals surface area contributed by atoms with Crippen molar-refractivity contribution in [2.75, 3.05) is 13.2 Å². The van der Waals surface area contributed by atoms with Crippen LogP contribution in [0.4, 0.5) is 0 Å². The molecule has 0 aliphatic carbocycles. The van der Waals surface area contributed by atoms with Gasteiger partial charge in [-0.2, -0.15) is 0 Å². The van der Waals surface area contributed by atoms with Gasteiger partial charge in [0.05, 0.1) is 0 Å². The van der Waals surface area contributed by atoms with Crippen molar-refractivity contribution in [2.24, 2.45) is 0 Å². The zero-order chi connectivity index (χ0) is 59.2. The second kappa shape index (κ2) is 70.1. The summed E-state index contributed by atoms with van der Waals surface area (Å²) >= 11 is 0. The normalized spacial score (nSPS) is 12.6. The van der Waals surface area contributed by atoms with E-state index in [1.165, 1.54) is 205 Å². The minimum atomic E-state index is -0.787. The van der Waals surface area contributed by atoms with Crippen molar-refractivity contribution in [3.8, 4) is 0 Å². The zero-order valence-corrected chi connectivity index (χ0v) is 54.5. The highest BCUT2D eigenvalue weighted by atomic mass is 16.6. The van der Waals surface area contributed by atoms with Gasteiger partial charge < -0.3 is 14.2 Å². The first-order chi connectivity index (χ1) is 40.5. The van der Waals surface area contributed by atoms with Gasteiger partial charge in [0, 0.05) is 19.3 Å². The van der Waals surface area contributed by atoms with Crippen molar-refractivity contribution < 1.29 is 28.6 Å². The average molecular weight is 1140 g/mol. The Balaban J connectivity index is 4.32. The number of ether oxygens (including phenoxy) is 3. The quantitative estimate of drug-likeness (QED) is 0.0261. The predicted molar refractivity (Wildman–Crippen MR) is 358 cm³/mol. The Morgan fingerprint density at radius 3 is 0.756 bits per heavy atom. The molecule has 0 radical (unpaired) electrons. The molecular weight excluding hydrogens is 1010 g/mol. The number of esters is 3. The van der Waals surface area contributed by atoms with Crippen molar-refractivity contribution in [2.45, 2.75) is 367 Å². The third-order valence-electron chi connectivity index (χ3n) is 15.6. The molecule has 1 atom stereocenters. The summed E-state index contributed by atoms with van der Waals surface area (Å²) in [5.74, 6) is -0.885. The Morgan fingerprint density at radius 1 is 0.256 bits per heavy atom. The molecule has 6 nitrogen and oxygen atoms in total. The van der Waals surface area contributed by atoms with Crippen LogP contribution in [-0.4, -0.2) is 37.2 Å². The molecule has 0 fully saturated rings. The lowest BCUT2D eigenvalue weighted by atomic mass is 10.0. The number of carbonyl (C=O) groups excluding carboxylic acids is 3. The summed E-state index contributed by atoms with van der Waals surface area (Å²) in [5.41, 5.74) is 0. The van der Waals surface area contributed by atoms with Gasteiger partial charge in [-0.25, -0.2) is 0 Å². The molecule has 0 N–H and O–H groups in total. The van der Waals surface area contributed by atoms with Gasteiger partial charge in [-0.15, -0.1) is 0 Å². The van der Waals surface area contributed by atoms with Crippen LogP contribution in [0.5, 0.6) is 0 Å². The molecule has 0 saturated carbocycles. The summed E-state index contributed by atoms with van der Waals surface area (Å²) < 4.78 is 17.0. The number of allylic oxidation sites excluding steroid dienone is 14. The van der Waals surface area contributed by atoms with Crippen molar-refractivity contribution >= 4 is 17.9 Å². The van der Waals surface area contributed by atoms with Gasteiger partial charge in [-0.3, -0.25) is 14.4 Å². The average Bonchev–Trinajstić information content (AvgIpc) is 3.47. The molecule has 0 bridgehead atoms. The molecule has 474 valence electrons. The molecule has 0 aromatic rings. The number of carbonyl (C=O) groups is 3. The fourth-order valence-electron chi connectivity index (χ4n) is 10.3. The van der Waals surface area contributed by atoms with Crippen LogP contribution in [0.3, 0.4) is 0 Å². The number of hydrogen-bond acceptors (Lipinski definition) is 6. The largest absolute Gasteiger partial charge is 0.462 e. The molecule has 0 spiro atoms. The minimum Gasteiger partial charge on any atom is -0.462 e. The van der Waals surface area contributed by atoms with Crippen LogP contribution >= 0.6 is 0 Å². The van der Waals surface area contributed by atoms with Gasteiger partial charge in [0.25, 0.3) is 0 Å². The third kappa shape index (κ3) is 67.4. The van der Waals surface area contributed by atoms with Crippen LogP contribution < -0.4 is 0 Å². The Labute approximate surface area is 509 Å². The molecule has 0 aromatic heterocycles. The van der Waals surface area contributed by atoms with E-state index in [-0.39, 0.29) is 31.1 Å². The number of hydrogen-bond donors (Lipinski definition) is 0. The SMILES string of the molecule is CC/C=C\C/C=C\C/C=C\C/C=C\C/C=C\C/C=C\CCCCCCCCC(=O)OCC(COC(=O)CCCCCCC/C=C\CCCCCCC)OC(=O)CCCCCCCCCCCCCCCCCCCCCCCCCCC. The maximum atomic E-state index is 13.0. The predicted octanol–water partition coefficient (Wildman–Crippen LogP) is 24.6. The smallest absolute Gasteiger partial charge is 0.306 e. The van der Waals surface area contributed by atoms with Crippen molar-refractivity contribution in [1.29, 1.82) is 0 Å². The molecule has 0 rings (SSSR count). The fourth-order valence-corrected chi connectivity index (χ4v) is 10.3. The van der Waals surface area contributed by atoms with E-state index in [0.717, 1.165) is 116 Å². The molecular formula is C76H134O6. The van der Waals surface area contributed by atoms with E-state index in [0.29, 0.717) is 19.3 Å². The van der Waals surface area contributed by atoms with Crippen molar-refractivity contribution in [3.63, 3.8) is 0 Å². The van der Waals surface area contributed by atoms with Crippen LogP contribution in [0.1, 0.15) is 361 Å². The Morgan fingerprint density at radius 2 is 0.476 bits per heavy atom. The van der Waals surface area contributed by atoms with E-state index in [2.05, 4.69) is 106 Å². The van der Waals surface area contributed by atoms with E-state index < -0.39 is 6.10 Å². The Kier molecular flexibility index (Phi) is 67.2. The standard InChI is InChI=1S/C76H134O6/c1-4-7-10-13-16-19-22-25-28-30-32-34-36-38-40-42-44-46-48-51-54-57-60-63-66-69-75(78)81-72-73(71-80-74(77)68-65-62-59-56-53-50-27-24-21-18-15-12-9-6-3)82-76(79)70-67-64-61-58-55-52-49-47-45-43-41-39-37-35-33-31-29-26-23-20-17-14-11-8-5-2/h7,10,16,19,24-25,27-28,32,34,38,40,44,46,73H,4-6,8-9,11-15,17-18,20-23,26,29-31,33,35-37,39,41-43,45,47-72H2,1-3H3/b10-7-,19-16-,27-24-,28-25-,34-32-,40-38-,46-44-. The lowest BCUT2D eigenvalue weighted by molar-refractivity contribution is -0.167. The summed E-state index contributed by atoms with van der Waals surface area (Å²) in [6.07, 6.45) is 93.2. The number of unbranched alkanes of at least 4 members (excludes halogenated alkanes) is 40. The molecule has 82 heavy (non-hydrogen) atoms. The van der Waals surface area contributed by atoms with Crippen LogP contribution in [-0.2, 0) is 28.6 Å². The molecule has 6 heteroatoms. The molecule has 1 unspecified atom stereocenters. The van der Waals surface area contributed by atoms with Gasteiger partial charge in [0.1, 0.15) is 13.2 Å². The van der Waals surface area contributed by atoms with E-state index >= 15 is 0 Å². The highest BCUT2D eigenvalue weighted by Crippen LogP contribution is 2.18. The highest BCUT2D eigenvalue weighted by Gasteiger charge is 2.19. The van der Waals surface area contributed by atoms with Gasteiger partial charge in [0.15, 0.2) is 6.10 Å².